The topological polar surface area (TPSA) is 26.3 Å². The number of rotatable bonds is 9. The van der Waals surface area contributed by atoms with Gasteiger partial charge in [0, 0.05) is 0 Å². The summed E-state index contributed by atoms with van der Waals surface area (Å²) < 4.78 is 16.9. The highest BCUT2D eigenvalue weighted by molar-refractivity contribution is 8.00. The van der Waals surface area contributed by atoms with Crippen LogP contribution in [0.15, 0.2) is 0 Å². The van der Waals surface area contributed by atoms with Crippen LogP contribution >= 0.6 is 11.8 Å². The Bertz CT molecular complexity index is 165. The van der Waals surface area contributed by atoms with Crippen molar-refractivity contribution in [2.45, 2.75) is 44.8 Å². The van der Waals surface area contributed by atoms with Crippen molar-refractivity contribution in [1.82, 2.24) is 0 Å². The van der Waals surface area contributed by atoms with E-state index in [-0.39, 0.29) is 17.9 Å². The molecule has 0 amide bonds. The molecule has 0 aliphatic carbocycles. The summed E-state index contributed by atoms with van der Waals surface area (Å²) in [5, 5.41) is -0.101. The van der Waals surface area contributed by atoms with Gasteiger partial charge in [0.25, 0.3) is 0 Å². The third-order valence-electron chi connectivity index (χ3n) is 1.97. The largest absolute Gasteiger partial charge is 0.465 e. The van der Waals surface area contributed by atoms with Crippen molar-refractivity contribution in [2.24, 2.45) is 0 Å². The number of alkyl halides is 1. The van der Waals surface area contributed by atoms with Crippen LogP contribution in [-0.4, -0.2) is 30.3 Å². The molecule has 4 heteroatoms. The maximum atomic E-state index is 11.9. The van der Waals surface area contributed by atoms with Crippen molar-refractivity contribution in [3.8, 4) is 0 Å². The monoisotopic (exact) mass is 236 g/mol. The van der Waals surface area contributed by atoms with E-state index in [4.69, 9.17) is 4.74 Å². The molecule has 0 radical (unpaired) electrons. The molecule has 1 unspecified atom stereocenters. The molecule has 0 aromatic carbocycles. The average Bonchev–Trinajstić information content (AvgIpc) is 2.23. The van der Waals surface area contributed by atoms with Gasteiger partial charge in [0.2, 0.25) is 0 Å². The summed E-state index contributed by atoms with van der Waals surface area (Å²) in [6.45, 7) is 4.01. The van der Waals surface area contributed by atoms with Crippen molar-refractivity contribution >= 4 is 17.7 Å². The summed E-state index contributed by atoms with van der Waals surface area (Å²) in [5.41, 5.74) is 0. The van der Waals surface area contributed by atoms with E-state index < -0.39 is 0 Å². The number of hydrogen-bond acceptors (Lipinski definition) is 3. The van der Waals surface area contributed by atoms with Crippen LogP contribution in [0.5, 0.6) is 0 Å². The first kappa shape index (κ1) is 14.8. The molecule has 1 atom stereocenters. The van der Waals surface area contributed by atoms with E-state index in [9.17, 15) is 9.18 Å². The zero-order valence-corrected chi connectivity index (χ0v) is 10.4. The molecule has 0 saturated heterocycles. The second kappa shape index (κ2) is 10.3. The van der Waals surface area contributed by atoms with Gasteiger partial charge in [0.05, 0.1) is 13.3 Å². The lowest BCUT2D eigenvalue weighted by Gasteiger charge is -2.14. The molecule has 0 spiro atoms. The third-order valence-corrected chi connectivity index (χ3v) is 3.32. The molecule has 0 aromatic rings. The highest BCUT2D eigenvalue weighted by Crippen LogP contribution is 2.19. The van der Waals surface area contributed by atoms with Gasteiger partial charge in [-0.1, -0.05) is 19.8 Å². The zero-order chi connectivity index (χ0) is 11.5. The molecule has 90 valence electrons. The molecule has 0 rings (SSSR count). The van der Waals surface area contributed by atoms with E-state index in [0.717, 1.165) is 19.3 Å². The zero-order valence-electron chi connectivity index (χ0n) is 9.63. The second-order valence-electron chi connectivity index (χ2n) is 3.30. The molecule has 0 N–H and O–H groups in total. The van der Waals surface area contributed by atoms with Crippen LogP contribution in [-0.2, 0) is 9.53 Å². The van der Waals surface area contributed by atoms with Gasteiger partial charge in [-0.2, -0.15) is 0 Å². The van der Waals surface area contributed by atoms with E-state index in [0.29, 0.717) is 18.8 Å². The maximum Gasteiger partial charge on any atom is 0.319 e. The number of esters is 1. The molecule has 0 saturated carbocycles. The standard InChI is InChI=1S/C11H21FO2S/c1-3-5-7-10(11(13)14-4-2)15-9-6-8-12/h10H,3-9H2,1-2H3. The molecule has 0 bridgehead atoms. The number of carbonyl (C=O) groups excluding carboxylic acids is 1. The van der Waals surface area contributed by atoms with Crippen molar-refractivity contribution in [3.05, 3.63) is 0 Å². The minimum Gasteiger partial charge on any atom is -0.465 e. The first-order valence-electron chi connectivity index (χ1n) is 5.60. The van der Waals surface area contributed by atoms with Gasteiger partial charge in [0.15, 0.2) is 0 Å². The number of ether oxygens (including phenoxy) is 1. The average molecular weight is 236 g/mol. The number of carbonyl (C=O) groups is 1. The van der Waals surface area contributed by atoms with E-state index in [1.54, 1.807) is 6.92 Å². The normalized spacial score (nSPS) is 12.5. The Morgan fingerprint density at radius 1 is 1.40 bits per heavy atom. The van der Waals surface area contributed by atoms with Crippen LogP contribution in [0.25, 0.3) is 0 Å². The van der Waals surface area contributed by atoms with E-state index >= 15 is 0 Å². The Kier molecular flexibility index (Phi) is 10.1. The minimum absolute atomic E-state index is 0.101. The van der Waals surface area contributed by atoms with Crippen LogP contribution in [0.3, 0.4) is 0 Å². The lowest BCUT2D eigenvalue weighted by Crippen LogP contribution is -2.20. The summed E-state index contributed by atoms with van der Waals surface area (Å²) in [6, 6.07) is 0. The smallest absolute Gasteiger partial charge is 0.319 e. The van der Waals surface area contributed by atoms with Gasteiger partial charge in [-0.25, -0.2) is 0 Å². The minimum atomic E-state index is -0.309. The van der Waals surface area contributed by atoms with Gasteiger partial charge < -0.3 is 4.74 Å². The fourth-order valence-corrected chi connectivity index (χ4v) is 2.27. The highest BCUT2D eigenvalue weighted by atomic mass is 32.2. The van der Waals surface area contributed by atoms with Gasteiger partial charge in [-0.05, 0) is 25.5 Å². The van der Waals surface area contributed by atoms with E-state index in [2.05, 4.69) is 6.92 Å². The Morgan fingerprint density at radius 2 is 2.13 bits per heavy atom. The SMILES string of the molecule is CCCCC(SCCCF)C(=O)OCC. The second-order valence-corrected chi connectivity index (χ2v) is 4.61. The molecule has 0 aliphatic heterocycles. The number of thioether (sulfide) groups is 1. The van der Waals surface area contributed by atoms with Gasteiger partial charge in [-0.15, -0.1) is 11.8 Å². The Hall–Kier alpha value is -0.250. The number of unbranched alkanes of at least 4 members (excludes halogenated alkanes) is 1. The molecule has 0 aliphatic rings. The Labute approximate surface area is 96.0 Å². The summed E-state index contributed by atoms with van der Waals surface area (Å²) in [5.74, 6) is 0.554. The summed E-state index contributed by atoms with van der Waals surface area (Å²) in [7, 11) is 0. The predicted molar refractivity (Wildman–Crippen MR) is 63.0 cm³/mol. The summed E-state index contributed by atoms with van der Waals surface area (Å²) >= 11 is 1.52. The molecule has 0 fully saturated rings. The van der Waals surface area contributed by atoms with Crippen LogP contribution in [0.2, 0.25) is 0 Å². The summed E-state index contributed by atoms with van der Waals surface area (Å²) in [4.78, 5) is 11.5. The van der Waals surface area contributed by atoms with Crippen LogP contribution in [0.1, 0.15) is 39.5 Å². The molecular formula is C11H21FO2S. The van der Waals surface area contributed by atoms with Crippen molar-refractivity contribution in [1.29, 1.82) is 0 Å². The highest BCUT2D eigenvalue weighted by Gasteiger charge is 2.19. The van der Waals surface area contributed by atoms with Crippen LogP contribution < -0.4 is 0 Å². The molecule has 15 heavy (non-hydrogen) atoms. The van der Waals surface area contributed by atoms with Gasteiger partial charge in [-0.3, -0.25) is 9.18 Å². The number of halogens is 1. The first-order chi connectivity index (χ1) is 7.26. The van der Waals surface area contributed by atoms with Crippen molar-refractivity contribution in [2.75, 3.05) is 19.0 Å². The van der Waals surface area contributed by atoms with Crippen LogP contribution in [0.4, 0.5) is 4.39 Å². The van der Waals surface area contributed by atoms with E-state index in [1.807, 2.05) is 0 Å². The molecule has 0 heterocycles. The molecule has 2 nitrogen and oxygen atoms in total. The number of hydrogen-bond donors (Lipinski definition) is 0. The lowest BCUT2D eigenvalue weighted by molar-refractivity contribution is -0.142. The van der Waals surface area contributed by atoms with Gasteiger partial charge in [0.1, 0.15) is 5.25 Å². The third kappa shape index (κ3) is 7.65. The fourth-order valence-electron chi connectivity index (χ4n) is 1.17. The van der Waals surface area contributed by atoms with E-state index in [1.165, 1.54) is 11.8 Å². The van der Waals surface area contributed by atoms with Gasteiger partial charge >= 0.3 is 5.97 Å². The predicted octanol–water partition coefficient (Wildman–Crippen LogP) is 3.20. The Balaban J connectivity index is 3.87. The fraction of sp³-hybridized carbons (Fsp3) is 0.909. The van der Waals surface area contributed by atoms with Crippen molar-refractivity contribution in [3.63, 3.8) is 0 Å². The molecule has 0 aromatic heterocycles. The summed E-state index contributed by atoms with van der Waals surface area (Å²) in [6.07, 6.45) is 3.45. The maximum absolute atomic E-state index is 11.9. The Morgan fingerprint density at radius 3 is 2.67 bits per heavy atom. The first-order valence-corrected chi connectivity index (χ1v) is 6.65. The molecular weight excluding hydrogens is 215 g/mol. The lowest BCUT2D eigenvalue weighted by atomic mass is 10.2. The van der Waals surface area contributed by atoms with Crippen LogP contribution in [0, 0.1) is 0 Å². The quantitative estimate of drug-likeness (QED) is 0.454. The van der Waals surface area contributed by atoms with Crippen molar-refractivity contribution < 1.29 is 13.9 Å².